The number of amides is 1. The highest BCUT2D eigenvalue weighted by Crippen LogP contribution is 2.40. The SMILES string of the molecule is NC[C@@H]1CCc2cc(O)c(N3CC(=O)NS3(=O)=O)c(F)c2C1. The second-order valence-corrected chi connectivity index (χ2v) is 7.17. The molecule has 22 heavy (non-hydrogen) atoms. The zero-order valence-electron chi connectivity index (χ0n) is 11.7. The normalized spacial score (nSPS) is 23.3. The predicted octanol–water partition coefficient (Wildman–Crippen LogP) is -0.224. The topological polar surface area (TPSA) is 113 Å². The first-order valence-electron chi connectivity index (χ1n) is 6.90. The van der Waals surface area contributed by atoms with Crippen molar-refractivity contribution in [2.75, 3.05) is 17.4 Å². The molecule has 1 fully saturated rings. The van der Waals surface area contributed by atoms with Crippen LogP contribution in [0.25, 0.3) is 0 Å². The number of halogens is 1. The van der Waals surface area contributed by atoms with Crippen LogP contribution in [0.1, 0.15) is 17.5 Å². The van der Waals surface area contributed by atoms with Crippen LogP contribution in [0, 0.1) is 11.7 Å². The van der Waals surface area contributed by atoms with Gasteiger partial charge in [-0.2, -0.15) is 8.42 Å². The van der Waals surface area contributed by atoms with Crippen LogP contribution in [-0.4, -0.2) is 32.5 Å². The molecule has 1 saturated heterocycles. The second-order valence-electron chi connectivity index (χ2n) is 5.58. The molecule has 1 heterocycles. The number of hydrogen-bond donors (Lipinski definition) is 3. The summed E-state index contributed by atoms with van der Waals surface area (Å²) >= 11 is 0. The number of carbonyl (C=O) groups is 1. The highest BCUT2D eigenvalue weighted by molar-refractivity contribution is 7.92. The third kappa shape index (κ3) is 2.30. The Kier molecular flexibility index (Phi) is 3.48. The number of phenols is 1. The van der Waals surface area contributed by atoms with Crippen LogP contribution in [-0.2, 0) is 27.8 Å². The van der Waals surface area contributed by atoms with Crippen LogP contribution >= 0.6 is 0 Å². The summed E-state index contributed by atoms with van der Waals surface area (Å²) in [6.07, 6.45) is 1.76. The Bertz CT molecular complexity index is 750. The Balaban J connectivity index is 2.12. The van der Waals surface area contributed by atoms with Gasteiger partial charge in [0.05, 0.1) is 0 Å². The van der Waals surface area contributed by atoms with Crippen LogP contribution in [0.2, 0.25) is 0 Å². The third-order valence-corrected chi connectivity index (χ3v) is 5.51. The predicted molar refractivity (Wildman–Crippen MR) is 77.0 cm³/mol. The van der Waals surface area contributed by atoms with Crippen molar-refractivity contribution in [3.8, 4) is 5.75 Å². The van der Waals surface area contributed by atoms with E-state index in [2.05, 4.69) is 0 Å². The highest BCUT2D eigenvalue weighted by Gasteiger charge is 2.38. The minimum absolute atomic E-state index is 0.120. The minimum atomic E-state index is -4.17. The molecule has 0 saturated carbocycles. The van der Waals surface area contributed by atoms with Crippen molar-refractivity contribution in [2.24, 2.45) is 11.7 Å². The third-order valence-electron chi connectivity index (χ3n) is 4.13. The first kappa shape index (κ1) is 15.0. The molecule has 0 spiro atoms. The van der Waals surface area contributed by atoms with Crippen LogP contribution < -0.4 is 14.8 Å². The van der Waals surface area contributed by atoms with Gasteiger partial charge in [-0.15, -0.1) is 0 Å². The quantitative estimate of drug-likeness (QED) is 0.694. The molecule has 0 unspecified atom stereocenters. The molecule has 0 radical (unpaired) electrons. The van der Waals surface area contributed by atoms with Gasteiger partial charge in [-0.3, -0.25) is 4.79 Å². The molecule has 1 aliphatic heterocycles. The maximum Gasteiger partial charge on any atom is 0.326 e. The van der Waals surface area contributed by atoms with E-state index >= 15 is 0 Å². The number of aromatic hydroxyl groups is 1. The molecule has 1 atom stereocenters. The molecular formula is C13H16FN3O4S. The number of hydrogen-bond acceptors (Lipinski definition) is 5. The zero-order valence-corrected chi connectivity index (χ0v) is 12.5. The van der Waals surface area contributed by atoms with Gasteiger partial charge in [0.15, 0.2) is 5.82 Å². The van der Waals surface area contributed by atoms with E-state index in [0.29, 0.717) is 34.8 Å². The fraction of sp³-hybridized carbons (Fsp3) is 0.462. The van der Waals surface area contributed by atoms with E-state index in [1.165, 1.54) is 6.07 Å². The Morgan fingerprint density at radius 1 is 1.50 bits per heavy atom. The van der Waals surface area contributed by atoms with Crippen molar-refractivity contribution >= 4 is 21.8 Å². The van der Waals surface area contributed by atoms with E-state index < -0.39 is 39.9 Å². The lowest BCUT2D eigenvalue weighted by Crippen LogP contribution is -2.31. The molecule has 9 heteroatoms. The summed E-state index contributed by atoms with van der Waals surface area (Å²) in [7, 11) is -4.17. The van der Waals surface area contributed by atoms with Gasteiger partial charge in [0.25, 0.3) is 5.91 Å². The van der Waals surface area contributed by atoms with E-state index in [4.69, 9.17) is 5.73 Å². The van der Waals surface area contributed by atoms with Crippen molar-refractivity contribution in [1.82, 2.24) is 4.72 Å². The second kappa shape index (κ2) is 5.10. The molecule has 2 aliphatic rings. The van der Waals surface area contributed by atoms with Gasteiger partial charge < -0.3 is 10.8 Å². The highest BCUT2D eigenvalue weighted by atomic mass is 32.2. The lowest BCUT2D eigenvalue weighted by molar-refractivity contribution is -0.117. The number of fused-ring (bicyclic) bond motifs is 1. The Labute approximate surface area is 127 Å². The fourth-order valence-corrected chi connectivity index (χ4v) is 4.16. The van der Waals surface area contributed by atoms with Gasteiger partial charge in [-0.05, 0) is 48.9 Å². The Hall–Kier alpha value is -1.87. The maximum atomic E-state index is 14.8. The number of rotatable bonds is 2. The molecule has 1 aromatic rings. The molecule has 0 bridgehead atoms. The molecule has 120 valence electrons. The van der Waals surface area contributed by atoms with E-state index in [1.807, 2.05) is 0 Å². The monoisotopic (exact) mass is 329 g/mol. The van der Waals surface area contributed by atoms with Gasteiger partial charge in [0.2, 0.25) is 0 Å². The molecule has 3 rings (SSSR count). The minimum Gasteiger partial charge on any atom is -0.506 e. The van der Waals surface area contributed by atoms with Gasteiger partial charge in [0, 0.05) is 0 Å². The molecule has 1 amide bonds. The summed E-state index contributed by atoms with van der Waals surface area (Å²) in [4.78, 5) is 11.3. The first-order valence-corrected chi connectivity index (χ1v) is 8.34. The summed E-state index contributed by atoms with van der Waals surface area (Å²) in [6.45, 7) is -0.136. The Morgan fingerprint density at radius 3 is 2.82 bits per heavy atom. The molecule has 0 aromatic heterocycles. The van der Waals surface area contributed by atoms with E-state index in [-0.39, 0.29) is 5.92 Å². The van der Waals surface area contributed by atoms with Crippen LogP contribution in [0.5, 0.6) is 5.75 Å². The summed E-state index contributed by atoms with van der Waals surface area (Å²) in [5.41, 5.74) is 6.17. The number of phenolic OH excluding ortho intramolecular Hbond substituents is 1. The smallest absolute Gasteiger partial charge is 0.326 e. The lowest BCUT2D eigenvalue weighted by atomic mass is 9.83. The maximum absolute atomic E-state index is 14.8. The Morgan fingerprint density at radius 2 is 2.23 bits per heavy atom. The van der Waals surface area contributed by atoms with Crippen LogP contribution in [0.4, 0.5) is 10.1 Å². The number of anilines is 1. The zero-order chi connectivity index (χ0) is 16.1. The largest absolute Gasteiger partial charge is 0.506 e. The lowest BCUT2D eigenvalue weighted by Gasteiger charge is -2.27. The average Bonchev–Trinajstić information content (AvgIpc) is 2.71. The summed E-state index contributed by atoms with van der Waals surface area (Å²) in [6, 6.07) is 1.37. The van der Waals surface area contributed by atoms with Crippen molar-refractivity contribution in [3.63, 3.8) is 0 Å². The average molecular weight is 329 g/mol. The standard InChI is InChI=1S/C13H16FN3O4S/c14-12-9-3-7(5-15)1-2-8(9)4-10(18)13(12)17-6-11(19)16-22(17,20)21/h4,7,18H,1-3,5-6,15H2,(H,16,19)/t7-/m1/s1. The van der Waals surface area contributed by atoms with Crippen molar-refractivity contribution < 1.29 is 22.7 Å². The summed E-state index contributed by atoms with van der Waals surface area (Å²) in [5.74, 6) is -1.93. The molecule has 7 nitrogen and oxygen atoms in total. The summed E-state index contributed by atoms with van der Waals surface area (Å²) < 4.78 is 40.8. The van der Waals surface area contributed by atoms with E-state index in [0.717, 1.165) is 6.42 Å². The number of nitrogens with two attached hydrogens (primary N) is 1. The number of carbonyl (C=O) groups excluding carboxylic acids is 1. The molecule has 4 N–H and O–H groups in total. The summed E-state index contributed by atoms with van der Waals surface area (Å²) in [5, 5.41) is 10.0. The number of nitrogens with zero attached hydrogens (tertiary/aromatic N) is 1. The molecule has 1 aromatic carbocycles. The van der Waals surface area contributed by atoms with Crippen LogP contribution in [0.15, 0.2) is 6.07 Å². The van der Waals surface area contributed by atoms with Gasteiger partial charge in [0.1, 0.15) is 18.0 Å². The van der Waals surface area contributed by atoms with Gasteiger partial charge >= 0.3 is 10.2 Å². The molecular weight excluding hydrogens is 313 g/mol. The van der Waals surface area contributed by atoms with Gasteiger partial charge in [-0.25, -0.2) is 13.4 Å². The van der Waals surface area contributed by atoms with Crippen molar-refractivity contribution in [2.45, 2.75) is 19.3 Å². The van der Waals surface area contributed by atoms with Crippen molar-refractivity contribution in [3.05, 3.63) is 23.0 Å². The first-order chi connectivity index (χ1) is 10.3. The van der Waals surface area contributed by atoms with Gasteiger partial charge in [-0.1, -0.05) is 0 Å². The molecule has 1 aliphatic carbocycles. The van der Waals surface area contributed by atoms with Crippen molar-refractivity contribution in [1.29, 1.82) is 0 Å². The number of nitrogens with one attached hydrogen (secondary N) is 1. The van der Waals surface area contributed by atoms with E-state index in [1.54, 1.807) is 4.72 Å². The number of aryl methyl sites for hydroxylation is 1. The van der Waals surface area contributed by atoms with Crippen LogP contribution in [0.3, 0.4) is 0 Å². The number of benzene rings is 1. The fourth-order valence-electron chi connectivity index (χ4n) is 3.00. The van der Waals surface area contributed by atoms with E-state index in [9.17, 15) is 22.7 Å².